The number of pyridine rings is 1. The summed E-state index contributed by atoms with van der Waals surface area (Å²) in [6.07, 6.45) is 3.17. The molecule has 2 heterocycles. The lowest BCUT2D eigenvalue weighted by atomic mass is 10.1. The van der Waals surface area contributed by atoms with Gasteiger partial charge in [0, 0.05) is 37.8 Å². The molecule has 0 radical (unpaired) electrons. The molecular weight excluding hydrogens is 302 g/mol. The fourth-order valence-corrected chi connectivity index (χ4v) is 2.45. The van der Waals surface area contributed by atoms with Crippen molar-refractivity contribution in [2.75, 3.05) is 13.6 Å². The van der Waals surface area contributed by atoms with Gasteiger partial charge in [0.15, 0.2) is 0 Å². The number of hydrogen-bond acceptors (Lipinski definition) is 4. The molecule has 0 saturated heterocycles. The van der Waals surface area contributed by atoms with E-state index in [1.54, 1.807) is 30.3 Å². The molecule has 0 aliphatic heterocycles. The molecule has 24 heavy (non-hydrogen) atoms. The van der Waals surface area contributed by atoms with Gasteiger partial charge in [0.2, 0.25) is 0 Å². The highest BCUT2D eigenvalue weighted by Crippen LogP contribution is 2.19. The van der Waals surface area contributed by atoms with Crippen LogP contribution in [0.25, 0.3) is 11.3 Å². The first kappa shape index (κ1) is 15.9. The first-order valence-corrected chi connectivity index (χ1v) is 7.91. The van der Waals surface area contributed by atoms with Crippen LogP contribution < -0.4 is 0 Å². The Morgan fingerprint density at radius 3 is 2.67 bits per heavy atom. The Morgan fingerprint density at radius 2 is 1.92 bits per heavy atom. The van der Waals surface area contributed by atoms with E-state index in [-0.39, 0.29) is 5.91 Å². The van der Waals surface area contributed by atoms with Crippen LogP contribution >= 0.6 is 0 Å². The topological polar surface area (TPSA) is 59.2 Å². The van der Waals surface area contributed by atoms with E-state index in [4.69, 9.17) is 4.52 Å². The summed E-state index contributed by atoms with van der Waals surface area (Å²) < 4.78 is 5.38. The average Bonchev–Trinajstić information content (AvgIpc) is 3.11. The van der Waals surface area contributed by atoms with E-state index < -0.39 is 0 Å². The number of rotatable bonds is 6. The molecule has 3 rings (SSSR count). The molecule has 5 nitrogen and oxygen atoms in total. The summed E-state index contributed by atoms with van der Waals surface area (Å²) in [5.74, 6) is 0.755. The number of amides is 1. The molecule has 0 unspecified atom stereocenters. The SMILES string of the molecule is CN(CCCc1cc(-c2ccccc2)no1)C(=O)c1ccccn1. The molecule has 0 fully saturated rings. The number of carbonyl (C=O) groups is 1. The standard InChI is InChI=1S/C19H19N3O2/c1-22(19(23)17-11-5-6-12-20-17)13-7-10-16-14-18(21-24-16)15-8-3-2-4-9-15/h2-6,8-9,11-12,14H,7,10,13H2,1H3. The zero-order valence-electron chi connectivity index (χ0n) is 13.6. The molecule has 122 valence electrons. The van der Waals surface area contributed by atoms with Gasteiger partial charge in [-0.3, -0.25) is 9.78 Å². The molecule has 0 saturated carbocycles. The lowest BCUT2D eigenvalue weighted by Gasteiger charge is -2.15. The van der Waals surface area contributed by atoms with Gasteiger partial charge < -0.3 is 9.42 Å². The average molecular weight is 321 g/mol. The van der Waals surface area contributed by atoms with E-state index >= 15 is 0 Å². The molecule has 1 amide bonds. The number of nitrogens with zero attached hydrogens (tertiary/aromatic N) is 3. The highest BCUT2D eigenvalue weighted by atomic mass is 16.5. The third-order valence-electron chi connectivity index (χ3n) is 3.78. The van der Waals surface area contributed by atoms with Crippen LogP contribution in [0.15, 0.2) is 65.3 Å². The van der Waals surface area contributed by atoms with E-state index in [2.05, 4.69) is 10.1 Å². The van der Waals surface area contributed by atoms with Gasteiger partial charge >= 0.3 is 0 Å². The highest BCUT2D eigenvalue weighted by Gasteiger charge is 2.13. The Kier molecular flexibility index (Phi) is 5.01. The summed E-state index contributed by atoms with van der Waals surface area (Å²) in [4.78, 5) is 18.0. The minimum Gasteiger partial charge on any atom is -0.361 e. The zero-order valence-corrected chi connectivity index (χ0v) is 13.6. The quantitative estimate of drug-likeness (QED) is 0.698. The molecule has 3 aromatic rings. The van der Waals surface area contributed by atoms with E-state index in [0.29, 0.717) is 12.2 Å². The molecule has 0 spiro atoms. The summed E-state index contributed by atoms with van der Waals surface area (Å²) in [6.45, 7) is 0.636. The van der Waals surface area contributed by atoms with Gasteiger partial charge in [-0.25, -0.2) is 0 Å². The Bertz CT molecular complexity index is 785. The van der Waals surface area contributed by atoms with Crippen molar-refractivity contribution in [1.82, 2.24) is 15.0 Å². The second-order valence-corrected chi connectivity index (χ2v) is 5.59. The lowest BCUT2D eigenvalue weighted by molar-refractivity contribution is 0.0787. The van der Waals surface area contributed by atoms with Crippen LogP contribution in [-0.2, 0) is 6.42 Å². The summed E-state index contributed by atoms with van der Waals surface area (Å²) in [7, 11) is 1.78. The minimum absolute atomic E-state index is 0.0712. The number of aryl methyl sites for hydroxylation is 1. The Hall–Kier alpha value is -2.95. The van der Waals surface area contributed by atoms with Crippen LogP contribution in [0.3, 0.4) is 0 Å². The largest absolute Gasteiger partial charge is 0.361 e. The van der Waals surface area contributed by atoms with Gasteiger partial charge in [-0.15, -0.1) is 0 Å². The fourth-order valence-electron chi connectivity index (χ4n) is 2.45. The van der Waals surface area contributed by atoms with Crippen molar-refractivity contribution in [3.05, 3.63) is 72.2 Å². The molecule has 0 atom stereocenters. The smallest absolute Gasteiger partial charge is 0.272 e. The molecule has 0 aliphatic rings. The van der Waals surface area contributed by atoms with Gasteiger partial charge in [0.25, 0.3) is 5.91 Å². The molecule has 0 aliphatic carbocycles. The first-order valence-electron chi connectivity index (χ1n) is 7.91. The molecule has 5 heteroatoms. The van der Waals surface area contributed by atoms with Crippen molar-refractivity contribution in [2.24, 2.45) is 0 Å². The summed E-state index contributed by atoms with van der Waals surface area (Å²) >= 11 is 0. The van der Waals surface area contributed by atoms with E-state index in [0.717, 1.165) is 29.9 Å². The number of carbonyl (C=O) groups excluding carboxylic acids is 1. The maximum Gasteiger partial charge on any atom is 0.272 e. The van der Waals surface area contributed by atoms with Crippen LogP contribution in [0.2, 0.25) is 0 Å². The van der Waals surface area contributed by atoms with Crippen molar-refractivity contribution in [3.63, 3.8) is 0 Å². The molecule has 1 aromatic carbocycles. The Labute approximate surface area is 140 Å². The van der Waals surface area contributed by atoms with Gasteiger partial charge in [-0.2, -0.15) is 0 Å². The second-order valence-electron chi connectivity index (χ2n) is 5.59. The number of hydrogen-bond donors (Lipinski definition) is 0. The van der Waals surface area contributed by atoms with Crippen molar-refractivity contribution in [1.29, 1.82) is 0 Å². The van der Waals surface area contributed by atoms with Crippen LogP contribution in [-0.4, -0.2) is 34.5 Å². The summed E-state index contributed by atoms with van der Waals surface area (Å²) in [6, 6.07) is 17.2. The van der Waals surface area contributed by atoms with Crippen LogP contribution in [0.1, 0.15) is 22.7 Å². The monoisotopic (exact) mass is 321 g/mol. The van der Waals surface area contributed by atoms with Crippen molar-refractivity contribution < 1.29 is 9.32 Å². The van der Waals surface area contributed by atoms with Crippen LogP contribution in [0.5, 0.6) is 0 Å². The molecular formula is C19H19N3O2. The van der Waals surface area contributed by atoms with Gasteiger partial charge in [0.05, 0.1) is 0 Å². The molecule has 2 aromatic heterocycles. The number of aromatic nitrogens is 2. The Morgan fingerprint density at radius 1 is 1.12 bits per heavy atom. The second kappa shape index (κ2) is 7.55. The van der Waals surface area contributed by atoms with Gasteiger partial charge in [-0.1, -0.05) is 41.6 Å². The van der Waals surface area contributed by atoms with Crippen molar-refractivity contribution in [3.8, 4) is 11.3 Å². The van der Waals surface area contributed by atoms with Gasteiger partial charge in [-0.05, 0) is 18.6 Å². The van der Waals surface area contributed by atoms with Crippen LogP contribution in [0.4, 0.5) is 0 Å². The maximum absolute atomic E-state index is 12.2. The lowest BCUT2D eigenvalue weighted by Crippen LogP contribution is -2.28. The third-order valence-corrected chi connectivity index (χ3v) is 3.78. The zero-order chi connectivity index (χ0) is 16.8. The summed E-state index contributed by atoms with van der Waals surface area (Å²) in [5.41, 5.74) is 2.34. The first-order chi connectivity index (χ1) is 11.7. The normalized spacial score (nSPS) is 10.5. The van der Waals surface area contributed by atoms with E-state index in [1.807, 2.05) is 42.5 Å². The predicted octanol–water partition coefficient (Wildman–Crippen LogP) is 3.44. The third kappa shape index (κ3) is 3.87. The Balaban J connectivity index is 1.52. The van der Waals surface area contributed by atoms with E-state index in [1.165, 1.54) is 0 Å². The molecule has 0 bridgehead atoms. The van der Waals surface area contributed by atoms with E-state index in [9.17, 15) is 4.79 Å². The summed E-state index contributed by atoms with van der Waals surface area (Å²) in [5, 5.41) is 4.10. The maximum atomic E-state index is 12.2. The van der Waals surface area contributed by atoms with Crippen molar-refractivity contribution >= 4 is 5.91 Å². The minimum atomic E-state index is -0.0712. The number of benzene rings is 1. The van der Waals surface area contributed by atoms with Gasteiger partial charge in [0.1, 0.15) is 17.1 Å². The van der Waals surface area contributed by atoms with Crippen molar-refractivity contribution in [2.45, 2.75) is 12.8 Å². The highest BCUT2D eigenvalue weighted by molar-refractivity contribution is 5.91. The van der Waals surface area contributed by atoms with Crippen LogP contribution in [0, 0.1) is 0 Å². The molecule has 0 N–H and O–H groups in total. The predicted molar refractivity (Wildman–Crippen MR) is 91.5 cm³/mol. The fraction of sp³-hybridized carbons (Fsp3) is 0.211.